The van der Waals surface area contributed by atoms with Gasteiger partial charge in [-0.2, -0.15) is 0 Å². The van der Waals surface area contributed by atoms with E-state index in [1.165, 1.54) is 5.57 Å². The summed E-state index contributed by atoms with van der Waals surface area (Å²) in [5.74, 6) is 0. The molecule has 1 aromatic rings. The molecule has 1 aliphatic heterocycles. The third-order valence-electron chi connectivity index (χ3n) is 2.15. The summed E-state index contributed by atoms with van der Waals surface area (Å²) in [7, 11) is 0. The molecule has 0 aromatic heterocycles. The minimum absolute atomic E-state index is 0.0325. The molecule has 0 radical (unpaired) electrons. The SMILES string of the molecule is CC1=CCOOC1c1ccccc1. The molecule has 1 aromatic carbocycles. The van der Waals surface area contributed by atoms with Crippen LogP contribution < -0.4 is 0 Å². The third kappa shape index (κ3) is 1.79. The average Bonchev–Trinajstić information content (AvgIpc) is 2.20. The fraction of sp³-hybridized carbons (Fsp3) is 0.273. The van der Waals surface area contributed by atoms with E-state index >= 15 is 0 Å². The highest BCUT2D eigenvalue weighted by atomic mass is 17.2. The van der Waals surface area contributed by atoms with Crippen LogP contribution in [-0.2, 0) is 9.78 Å². The lowest BCUT2D eigenvalue weighted by Gasteiger charge is -2.21. The van der Waals surface area contributed by atoms with Crippen molar-refractivity contribution >= 4 is 0 Å². The van der Waals surface area contributed by atoms with Crippen molar-refractivity contribution in [3.63, 3.8) is 0 Å². The van der Waals surface area contributed by atoms with E-state index < -0.39 is 0 Å². The Morgan fingerprint density at radius 3 is 2.69 bits per heavy atom. The van der Waals surface area contributed by atoms with E-state index in [2.05, 4.69) is 6.92 Å². The van der Waals surface area contributed by atoms with Crippen molar-refractivity contribution in [3.05, 3.63) is 47.5 Å². The second-order valence-electron chi connectivity index (χ2n) is 3.12. The molecule has 2 heteroatoms. The van der Waals surface area contributed by atoms with Gasteiger partial charge in [0.05, 0.1) is 0 Å². The van der Waals surface area contributed by atoms with E-state index in [0.29, 0.717) is 6.61 Å². The molecule has 2 nitrogen and oxygen atoms in total. The Bertz CT molecular complexity index is 303. The largest absolute Gasteiger partial charge is 0.232 e. The summed E-state index contributed by atoms with van der Waals surface area (Å²) >= 11 is 0. The summed E-state index contributed by atoms with van der Waals surface area (Å²) in [5, 5.41) is 0. The summed E-state index contributed by atoms with van der Waals surface area (Å²) in [4.78, 5) is 10.1. The lowest BCUT2D eigenvalue weighted by molar-refractivity contribution is -0.318. The van der Waals surface area contributed by atoms with Gasteiger partial charge in [-0.1, -0.05) is 36.4 Å². The maximum absolute atomic E-state index is 5.21. The van der Waals surface area contributed by atoms with Crippen LogP contribution >= 0.6 is 0 Å². The van der Waals surface area contributed by atoms with Crippen molar-refractivity contribution in [1.82, 2.24) is 0 Å². The number of benzene rings is 1. The normalized spacial score (nSPS) is 22.5. The van der Waals surface area contributed by atoms with Gasteiger partial charge >= 0.3 is 0 Å². The van der Waals surface area contributed by atoms with Crippen LogP contribution in [0, 0.1) is 0 Å². The number of rotatable bonds is 1. The summed E-state index contributed by atoms with van der Waals surface area (Å²) in [6.07, 6.45) is 2.01. The van der Waals surface area contributed by atoms with Crippen molar-refractivity contribution in [1.29, 1.82) is 0 Å². The van der Waals surface area contributed by atoms with Gasteiger partial charge in [0.2, 0.25) is 0 Å². The van der Waals surface area contributed by atoms with Crippen LogP contribution in [0.25, 0.3) is 0 Å². The van der Waals surface area contributed by atoms with Crippen molar-refractivity contribution in [2.75, 3.05) is 6.61 Å². The topological polar surface area (TPSA) is 18.5 Å². The van der Waals surface area contributed by atoms with Gasteiger partial charge in [-0.05, 0) is 18.1 Å². The molecule has 0 aliphatic carbocycles. The zero-order chi connectivity index (χ0) is 9.10. The fourth-order valence-corrected chi connectivity index (χ4v) is 1.40. The molecule has 0 bridgehead atoms. The van der Waals surface area contributed by atoms with E-state index in [1.54, 1.807) is 0 Å². The molecule has 13 heavy (non-hydrogen) atoms. The summed E-state index contributed by atoms with van der Waals surface area (Å²) < 4.78 is 0. The molecule has 1 aliphatic rings. The van der Waals surface area contributed by atoms with E-state index in [-0.39, 0.29) is 6.10 Å². The standard InChI is InChI=1S/C11H12O2/c1-9-7-8-12-13-11(9)10-5-3-2-4-6-10/h2-7,11H,8H2,1H3. The smallest absolute Gasteiger partial charge is 0.139 e. The van der Waals surface area contributed by atoms with E-state index in [0.717, 1.165) is 5.56 Å². The van der Waals surface area contributed by atoms with Crippen molar-refractivity contribution in [2.24, 2.45) is 0 Å². The Morgan fingerprint density at radius 1 is 1.23 bits per heavy atom. The maximum atomic E-state index is 5.21. The lowest BCUT2D eigenvalue weighted by atomic mass is 10.0. The van der Waals surface area contributed by atoms with Gasteiger partial charge in [0.25, 0.3) is 0 Å². The first-order valence-corrected chi connectivity index (χ1v) is 4.38. The first-order chi connectivity index (χ1) is 6.38. The van der Waals surface area contributed by atoms with Crippen LogP contribution in [0.15, 0.2) is 42.0 Å². The Labute approximate surface area is 77.7 Å². The van der Waals surface area contributed by atoms with Crippen LogP contribution in [0.2, 0.25) is 0 Å². The predicted octanol–water partition coefficient (Wildman–Crippen LogP) is 2.64. The first kappa shape index (κ1) is 8.48. The monoisotopic (exact) mass is 176 g/mol. The zero-order valence-corrected chi connectivity index (χ0v) is 7.57. The highest BCUT2D eigenvalue weighted by Gasteiger charge is 2.17. The minimum Gasteiger partial charge on any atom is -0.232 e. The molecule has 1 unspecified atom stereocenters. The van der Waals surface area contributed by atoms with Crippen LogP contribution in [0.5, 0.6) is 0 Å². The van der Waals surface area contributed by atoms with Gasteiger partial charge in [-0.3, -0.25) is 0 Å². The van der Waals surface area contributed by atoms with Crippen molar-refractivity contribution in [2.45, 2.75) is 13.0 Å². The molecule has 0 fully saturated rings. The van der Waals surface area contributed by atoms with Crippen LogP contribution in [-0.4, -0.2) is 6.61 Å². The van der Waals surface area contributed by atoms with Crippen LogP contribution in [0.3, 0.4) is 0 Å². The van der Waals surface area contributed by atoms with E-state index in [1.807, 2.05) is 36.4 Å². The first-order valence-electron chi connectivity index (χ1n) is 4.38. The van der Waals surface area contributed by atoms with E-state index in [9.17, 15) is 0 Å². The van der Waals surface area contributed by atoms with Crippen LogP contribution in [0.1, 0.15) is 18.6 Å². The summed E-state index contributed by atoms with van der Waals surface area (Å²) in [6.45, 7) is 2.61. The molecule has 0 spiro atoms. The van der Waals surface area contributed by atoms with Gasteiger partial charge in [0.1, 0.15) is 12.7 Å². The molecule has 0 saturated heterocycles. The molecular formula is C11H12O2. The zero-order valence-electron chi connectivity index (χ0n) is 7.57. The second-order valence-corrected chi connectivity index (χ2v) is 3.12. The quantitative estimate of drug-likeness (QED) is 0.483. The highest BCUT2D eigenvalue weighted by molar-refractivity contribution is 5.25. The van der Waals surface area contributed by atoms with Crippen LogP contribution in [0.4, 0.5) is 0 Å². The minimum atomic E-state index is -0.0325. The summed E-state index contributed by atoms with van der Waals surface area (Å²) in [5.41, 5.74) is 2.34. The Hall–Kier alpha value is -1.12. The third-order valence-corrected chi connectivity index (χ3v) is 2.15. The Balaban J connectivity index is 2.26. The van der Waals surface area contributed by atoms with Crippen molar-refractivity contribution < 1.29 is 9.78 Å². The van der Waals surface area contributed by atoms with Gasteiger partial charge in [0.15, 0.2) is 0 Å². The van der Waals surface area contributed by atoms with Gasteiger partial charge < -0.3 is 0 Å². The average molecular weight is 176 g/mol. The molecular weight excluding hydrogens is 164 g/mol. The maximum Gasteiger partial charge on any atom is 0.139 e. The van der Waals surface area contributed by atoms with Gasteiger partial charge in [-0.15, -0.1) is 0 Å². The lowest BCUT2D eigenvalue weighted by Crippen LogP contribution is -2.12. The fourth-order valence-electron chi connectivity index (χ4n) is 1.40. The molecule has 1 atom stereocenters. The molecule has 68 valence electrons. The Morgan fingerprint density at radius 2 is 2.00 bits per heavy atom. The molecule has 0 amide bonds. The highest BCUT2D eigenvalue weighted by Crippen LogP contribution is 2.27. The van der Waals surface area contributed by atoms with E-state index in [4.69, 9.17) is 9.78 Å². The molecule has 2 rings (SSSR count). The van der Waals surface area contributed by atoms with Gasteiger partial charge in [-0.25, -0.2) is 9.78 Å². The molecule has 0 saturated carbocycles. The predicted molar refractivity (Wildman–Crippen MR) is 50.0 cm³/mol. The van der Waals surface area contributed by atoms with Crippen molar-refractivity contribution in [3.8, 4) is 0 Å². The second kappa shape index (κ2) is 3.73. The Kier molecular flexibility index (Phi) is 2.43. The molecule has 0 N–H and O–H groups in total. The number of hydrogen-bond acceptors (Lipinski definition) is 2. The summed E-state index contributed by atoms with van der Waals surface area (Å²) in [6, 6.07) is 10.1. The number of hydrogen-bond donors (Lipinski definition) is 0. The van der Waals surface area contributed by atoms with Gasteiger partial charge in [0, 0.05) is 0 Å². The molecule has 1 heterocycles.